The van der Waals surface area contributed by atoms with Crippen molar-refractivity contribution in [2.24, 2.45) is 5.92 Å². The highest BCUT2D eigenvalue weighted by molar-refractivity contribution is 5.75. The molecule has 1 atom stereocenters. The summed E-state index contributed by atoms with van der Waals surface area (Å²) in [4.78, 5) is 17.5. The minimum atomic E-state index is 0.121. The fourth-order valence-corrected chi connectivity index (χ4v) is 4.84. The SMILES string of the molecule is COCCN(CC1CCCN(C2Cc3ccccc3C2)C1)C(=O)Cn1cccn1. The summed E-state index contributed by atoms with van der Waals surface area (Å²) in [6.07, 6.45) is 8.28. The number of aromatic nitrogens is 2. The van der Waals surface area contributed by atoms with Crippen molar-refractivity contribution in [2.75, 3.05) is 39.9 Å². The second-order valence-corrected chi connectivity index (χ2v) is 8.37. The van der Waals surface area contributed by atoms with Gasteiger partial charge in [0, 0.05) is 45.2 Å². The summed E-state index contributed by atoms with van der Waals surface area (Å²) < 4.78 is 6.96. The van der Waals surface area contributed by atoms with Crippen LogP contribution in [0.5, 0.6) is 0 Å². The molecule has 0 saturated carbocycles. The van der Waals surface area contributed by atoms with E-state index in [9.17, 15) is 4.79 Å². The van der Waals surface area contributed by atoms with Crippen LogP contribution >= 0.6 is 0 Å². The Hall–Kier alpha value is -2.18. The largest absolute Gasteiger partial charge is 0.383 e. The van der Waals surface area contributed by atoms with Crippen molar-refractivity contribution in [3.05, 3.63) is 53.9 Å². The van der Waals surface area contributed by atoms with Crippen LogP contribution in [-0.4, -0.2) is 71.4 Å². The minimum absolute atomic E-state index is 0.121. The van der Waals surface area contributed by atoms with Gasteiger partial charge in [0.25, 0.3) is 0 Å². The first-order chi connectivity index (χ1) is 14.2. The van der Waals surface area contributed by atoms with E-state index in [4.69, 9.17) is 4.74 Å². The second kappa shape index (κ2) is 9.55. The van der Waals surface area contributed by atoms with Gasteiger partial charge in [-0.1, -0.05) is 24.3 Å². The number of carbonyl (C=O) groups excluding carboxylic acids is 1. The van der Waals surface area contributed by atoms with Crippen LogP contribution in [0.15, 0.2) is 42.7 Å². The number of benzene rings is 1. The maximum absolute atomic E-state index is 12.9. The first-order valence-electron chi connectivity index (χ1n) is 10.8. The van der Waals surface area contributed by atoms with Crippen molar-refractivity contribution < 1.29 is 9.53 Å². The molecule has 156 valence electrons. The van der Waals surface area contributed by atoms with E-state index < -0.39 is 0 Å². The lowest BCUT2D eigenvalue weighted by atomic mass is 9.95. The topological polar surface area (TPSA) is 50.6 Å². The molecule has 1 aromatic heterocycles. The molecule has 29 heavy (non-hydrogen) atoms. The van der Waals surface area contributed by atoms with Gasteiger partial charge in [0.15, 0.2) is 0 Å². The van der Waals surface area contributed by atoms with E-state index in [1.807, 2.05) is 17.2 Å². The number of carbonyl (C=O) groups is 1. The Morgan fingerprint density at radius 3 is 2.72 bits per heavy atom. The molecule has 0 spiro atoms. The number of hydrogen-bond acceptors (Lipinski definition) is 4. The van der Waals surface area contributed by atoms with Gasteiger partial charge in [0.1, 0.15) is 6.54 Å². The molecule has 6 heteroatoms. The molecule has 1 aliphatic heterocycles. The third-order valence-corrected chi connectivity index (χ3v) is 6.35. The first-order valence-corrected chi connectivity index (χ1v) is 10.8. The van der Waals surface area contributed by atoms with Gasteiger partial charge in [0.2, 0.25) is 5.91 Å². The van der Waals surface area contributed by atoms with Crippen LogP contribution in [0, 0.1) is 5.92 Å². The van der Waals surface area contributed by atoms with E-state index in [1.165, 1.54) is 30.5 Å². The van der Waals surface area contributed by atoms with Crippen molar-refractivity contribution >= 4 is 5.91 Å². The number of rotatable bonds is 8. The third-order valence-electron chi connectivity index (χ3n) is 6.35. The van der Waals surface area contributed by atoms with E-state index in [2.05, 4.69) is 34.3 Å². The lowest BCUT2D eigenvalue weighted by Crippen LogP contribution is -2.48. The lowest BCUT2D eigenvalue weighted by Gasteiger charge is -2.38. The van der Waals surface area contributed by atoms with Gasteiger partial charge in [-0.2, -0.15) is 5.10 Å². The van der Waals surface area contributed by atoms with Gasteiger partial charge in [-0.3, -0.25) is 14.4 Å². The standard InChI is InChI=1S/C23H32N4O2/c1-29-13-12-26(23(28)18-27-11-5-9-24-27)17-19-6-4-10-25(16-19)22-14-20-7-2-3-8-21(20)15-22/h2-3,5,7-9,11,19,22H,4,6,10,12-18H2,1H3. The predicted octanol–water partition coefficient (Wildman–Crippen LogP) is 2.24. The zero-order chi connectivity index (χ0) is 20.1. The van der Waals surface area contributed by atoms with E-state index in [1.54, 1.807) is 18.0 Å². The molecule has 2 aromatic rings. The van der Waals surface area contributed by atoms with Gasteiger partial charge in [-0.15, -0.1) is 0 Å². The summed E-state index contributed by atoms with van der Waals surface area (Å²) in [5.41, 5.74) is 3.02. The fraction of sp³-hybridized carbons (Fsp3) is 0.565. The van der Waals surface area contributed by atoms with Crippen LogP contribution < -0.4 is 0 Å². The van der Waals surface area contributed by atoms with Crippen LogP contribution in [0.1, 0.15) is 24.0 Å². The summed E-state index contributed by atoms with van der Waals surface area (Å²) in [6.45, 7) is 4.57. The monoisotopic (exact) mass is 396 g/mol. The molecule has 6 nitrogen and oxygen atoms in total. The molecular formula is C23H32N4O2. The Labute approximate surface area is 173 Å². The highest BCUT2D eigenvalue weighted by Gasteiger charge is 2.31. The highest BCUT2D eigenvalue weighted by atomic mass is 16.5. The quantitative estimate of drug-likeness (QED) is 0.687. The van der Waals surface area contributed by atoms with Crippen molar-refractivity contribution in [1.29, 1.82) is 0 Å². The zero-order valence-corrected chi connectivity index (χ0v) is 17.4. The Bertz CT molecular complexity index is 767. The molecule has 4 rings (SSSR count). The van der Waals surface area contributed by atoms with Crippen molar-refractivity contribution in [3.63, 3.8) is 0 Å². The smallest absolute Gasteiger partial charge is 0.244 e. The molecular weight excluding hydrogens is 364 g/mol. The third kappa shape index (κ3) is 5.06. The van der Waals surface area contributed by atoms with Crippen LogP contribution in [0.25, 0.3) is 0 Å². The van der Waals surface area contributed by atoms with E-state index in [0.29, 0.717) is 31.7 Å². The van der Waals surface area contributed by atoms with Gasteiger partial charge in [-0.05, 0) is 55.3 Å². The van der Waals surface area contributed by atoms with Crippen molar-refractivity contribution in [1.82, 2.24) is 19.6 Å². The van der Waals surface area contributed by atoms with Crippen molar-refractivity contribution in [2.45, 2.75) is 38.3 Å². The molecule has 0 N–H and O–H groups in total. The molecule has 1 aliphatic carbocycles. The molecule has 2 aliphatic rings. The highest BCUT2D eigenvalue weighted by Crippen LogP contribution is 2.29. The number of nitrogens with zero attached hydrogens (tertiary/aromatic N) is 4. The average molecular weight is 397 g/mol. The number of hydrogen-bond donors (Lipinski definition) is 0. The minimum Gasteiger partial charge on any atom is -0.383 e. The predicted molar refractivity (Wildman–Crippen MR) is 113 cm³/mol. The first kappa shape index (κ1) is 20.1. The van der Waals surface area contributed by atoms with Gasteiger partial charge >= 0.3 is 0 Å². The van der Waals surface area contributed by atoms with Crippen molar-refractivity contribution in [3.8, 4) is 0 Å². The Morgan fingerprint density at radius 2 is 2.03 bits per heavy atom. The molecule has 2 heterocycles. The van der Waals surface area contributed by atoms with Crippen LogP contribution in [-0.2, 0) is 28.9 Å². The zero-order valence-electron chi connectivity index (χ0n) is 17.4. The molecule has 1 amide bonds. The normalized spacial score (nSPS) is 20.0. The second-order valence-electron chi connectivity index (χ2n) is 8.37. The van der Waals surface area contributed by atoms with E-state index >= 15 is 0 Å². The average Bonchev–Trinajstić information content (AvgIpc) is 3.40. The summed E-state index contributed by atoms with van der Waals surface area (Å²) in [5, 5.41) is 4.18. The summed E-state index contributed by atoms with van der Waals surface area (Å²) in [6, 6.07) is 11.3. The maximum atomic E-state index is 12.9. The Kier molecular flexibility index (Phi) is 6.62. The molecule has 0 bridgehead atoms. The Balaban J connectivity index is 1.35. The van der Waals surface area contributed by atoms with Gasteiger partial charge in [0.05, 0.1) is 6.61 Å². The van der Waals surface area contributed by atoms with E-state index in [0.717, 1.165) is 25.9 Å². The van der Waals surface area contributed by atoms with Gasteiger partial charge in [-0.25, -0.2) is 0 Å². The number of piperidine rings is 1. The molecule has 1 unspecified atom stereocenters. The molecule has 1 fully saturated rings. The van der Waals surface area contributed by atoms with Crippen LogP contribution in [0.3, 0.4) is 0 Å². The number of fused-ring (bicyclic) bond motifs is 1. The number of ether oxygens (including phenoxy) is 1. The summed E-state index contributed by atoms with van der Waals surface area (Å²) in [5.74, 6) is 0.641. The Morgan fingerprint density at radius 1 is 1.24 bits per heavy atom. The van der Waals surface area contributed by atoms with E-state index in [-0.39, 0.29) is 5.91 Å². The molecule has 1 aromatic carbocycles. The van der Waals surface area contributed by atoms with Gasteiger partial charge < -0.3 is 9.64 Å². The number of likely N-dealkylation sites (tertiary alicyclic amines) is 1. The summed E-state index contributed by atoms with van der Waals surface area (Å²) in [7, 11) is 1.69. The fourth-order valence-electron chi connectivity index (χ4n) is 4.84. The summed E-state index contributed by atoms with van der Waals surface area (Å²) >= 11 is 0. The van der Waals surface area contributed by atoms with Crippen LogP contribution in [0.4, 0.5) is 0 Å². The molecule has 0 radical (unpaired) electrons. The maximum Gasteiger partial charge on any atom is 0.244 e. The lowest BCUT2D eigenvalue weighted by molar-refractivity contribution is -0.133. The van der Waals surface area contributed by atoms with Crippen LogP contribution in [0.2, 0.25) is 0 Å². The number of methoxy groups -OCH3 is 1. The molecule has 1 saturated heterocycles. The number of amides is 1.